The van der Waals surface area contributed by atoms with Gasteiger partial charge in [-0.05, 0) is 49.0 Å². The summed E-state index contributed by atoms with van der Waals surface area (Å²) in [7, 11) is 0. The fourth-order valence-corrected chi connectivity index (χ4v) is 3.87. The number of carbonyl (C=O) groups is 1. The normalized spacial score (nSPS) is 29.3. The number of hydrogen-bond acceptors (Lipinski definition) is 2. The van der Waals surface area contributed by atoms with Crippen LogP contribution in [0.15, 0.2) is 5.38 Å². The fourth-order valence-electron chi connectivity index (χ4n) is 2.57. The van der Waals surface area contributed by atoms with Crippen LogP contribution in [0.5, 0.6) is 0 Å². The summed E-state index contributed by atoms with van der Waals surface area (Å²) in [6.45, 7) is 6.50. The summed E-state index contributed by atoms with van der Waals surface area (Å²) in [5.41, 5.74) is 1.03. The van der Waals surface area contributed by atoms with Crippen LogP contribution in [0.25, 0.3) is 0 Å². The van der Waals surface area contributed by atoms with Crippen molar-refractivity contribution in [1.82, 2.24) is 0 Å². The van der Waals surface area contributed by atoms with E-state index in [-0.39, 0.29) is 11.7 Å². The minimum atomic E-state index is 0.191. The van der Waals surface area contributed by atoms with E-state index in [1.165, 1.54) is 17.8 Å². The Balaban J connectivity index is 2.13. The molecule has 1 aliphatic carbocycles. The first-order valence-corrected chi connectivity index (χ1v) is 7.54. The third kappa shape index (κ3) is 2.58. The van der Waals surface area contributed by atoms with E-state index in [9.17, 15) is 4.79 Å². The summed E-state index contributed by atoms with van der Waals surface area (Å²) in [5.74, 6) is 1.86. The maximum Gasteiger partial charge on any atom is 0.177 e. The number of Topliss-reactive ketones (excluding diaryl/α,β-unsaturated/α-hetero) is 1. The molecule has 1 heterocycles. The Bertz CT molecular complexity index is 424. The van der Waals surface area contributed by atoms with E-state index in [2.05, 4.69) is 13.8 Å². The standard InChI is InChI=1S/C14H19ClOS/c1-8-4-5-11(6-9(8)2)13(16)14-12(15)10(3)7-17-14/h7-9,11H,4-6H2,1-3H3. The number of carbonyl (C=O) groups excluding carboxylic acids is 1. The SMILES string of the molecule is Cc1csc(C(=O)C2CCC(C)C(C)C2)c1Cl. The van der Waals surface area contributed by atoms with Gasteiger partial charge in [-0.25, -0.2) is 0 Å². The second-order valence-corrected chi connectivity index (χ2v) is 6.65. The number of halogens is 1. The molecule has 0 aromatic carbocycles. The van der Waals surface area contributed by atoms with Crippen molar-refractivity contribution in [2.75, 3.05) is 0 Å². The zero-order valence-electron chi connectivity index (χ0n) is 10.6. The molecule has 1 aliphatic rings. The minimum absolute atomic E-state index is 0.191. The van der Waals surface area contributed by atoms with Gasteiger partial charge in [-0.3, -0.25) is 4.79 Å². The van der Waals surface area contributed by atoms with E-state index >= 15 is 0 Å². The monoisotopic (exact) mass is 270 g/mol. The lowest BCUT2D eigenvalue weighted by molar-refractivity contribution is 0.0842. The van der Waals surface area contributed by atoms with E-state index in [0.717, 1.165) is 29.2 Å². The molecule has 3 unspecified atom stereocenters. The number of aryl methyl sites for hydroxylation is 1. The Morgan fingerprint density at radius 2 is 2.06 bits per heavy atom. The first kappa shape index (κ1) is 13.1. The average Bonchev–Trinajstić information content (AvgIpc) is 2.63. The van der Waals surface area contributed by atoms with E-state index < -0.39 is 0 Å². The van der Waals surface area contributed by atoms with Gasteiger partial charge in [0.1, 0.15) is 0 Å². The summed E-state index contributed by atoms with van der Waals surface area (Å²) < 4.78 is 0. The molecule has 0 saturated heterocycles. The Morgan fingerprint density at radius 1 is 1.35 bits per heavy atom. The Kier molecular flexibility index (Phi) is 3.94. The maximum atomic E-state index is 12.4. The quantitative estimate of drug-likeness (QED) is 0.694. The lowest BCUT2D eigenvalue weighted by atomic mass is 9.74. The molecule has 2 rings (SSSR count). The van der Waals surface area contributed by atoms with Crippen LogP contribution in [-0.4, -0.2) is 5.78 Å². The van der Waals surface area contributed by atoms with Crippen molar-refractivity contribution in [1.29, 1.82) is 0 Å². The van der Waals surface area contributed by atoms with Crippen molar-refractivity contribution in [3.8, 4) is 0 Å². The first-order chi connectivity index (χ1) is 8.00. The molecule has 3 heteroatoms. The molecule has 17 heavy (non-hydrogen) atoms. The predicted molar refractivity (Wildman–Crippen MR) is 74.1 cm³/mol. The average molecular weight is 271 g/mol. The lowest BCUT2D eigenvalue weighted by Gasteiger charge is -2.31. The molecular weight excluding hydrogens is 252 g/mol. The first-order valence-electron chi connectivity index (χ1n) is 6.28. The molecule has 1 aromatic rings. The van der Waals surface area contributed by atoms with Crippen LogP contribution in [0.3, 0.4) is 0 Å². The van der Waals surface area contributed by atoms with Crippen LogP contribution < -0.4 is 0 Å². The Labute approximate surface area is 112 Å². The minimum Gasteiger partial charge on any atom is -0.293 e. The van der Waals surface area contributed by atoms with Crippen molar-refractivity contribution < 1.29 is 4.79 Å². The molecule has 0 radical (unpaired) electrons. The highest BCUT2D eigenvalue weighted by Gasteiger charge is 2.31. The molecule has 1 fully saturated rings. The van der Waals surface area contributed by atoms with Gasteiger partial charge >= 0.3 is 0 Å². The van der Waals surface area contributed by atoms with E-state index in [0.29, 0.717) is 10.9 Å². The molecule has 0 spiro atoms. The highest BCUT2D eigenvalue weighted by molar-refractivity contribution is 7.13. The van der Waals surface area contributed by atoms with Crippen molar-refractivity contribution in [3.05, 3.63) is 20.8 Å². The molecule has 1 nitrogen and oxygen atoms in total. The molecule has 0 aliphatic heterocycles. The third-order valence-corrected chi connectivity index (χ3v) is 5.80. The second-order valence-electron chi connectivity index (χ2n) is 5.39. The van der Waals surface area contributed by atoms with Gasteiger partial charge < -0.3 is 0 Å². The van der Waals surface area contributed by atoms with Crippen LogP contribution in [0, 0.1) is 24.7 Å². The zero-order chi connectivity index (χ0) is 12.6. The summed E-state index contributed by atoms with van der Waals surface area (Å²) in [4.78, 5) is 13.2. The molecule has 0 bridgehead atoms. The van der Waals surface area contributed by atoms with Gasteiger partial charge in [-0.1, -0.05) is 25.4 Å². The van der Waals surface area contributed by atoms with Gasteiger partial charge in [-0.2, -0.15) is 0 Å². The van der Waals surface area contributed by atoms with Crippen LogP contribution in [-0.2, 0) is 0 Å². The van der Waals surface area contributed by atoms with Gasteiger partial charge in [0.25, 0.3) is 0 Å². The number of rotatable bonds is 2. The summed E-state index contributed by atoms with van der Waals surface area (Å²) in [5, 5.41) is 2.65. The van der Waals surface area contributed by atoms with Gasteiger partial charge in [0, 0.05) is 5.92 Å². The molecule has 0 N–H and O–H groups in total. The molecular formula is C14H19ClOS. The van der Waals surface area contributed by atoms with Crippen LogP contribution in [0.4, 0.5) is 0 Å². The third-order valence-electron chi connectivity index (χ3n) is 4.09. The Hall–Kier alpha value is -0.340. The van der Waals surface area contributed by atoms with Crippen molar-refractivity contribution in [3.63, 3.8) is 0 Å². The van der Waals surface area contributed by atoms with Crippen molar-refractivity contribution in [2.24, 2.45) is 17.8 Å². The van der Waals surface area contributed by atoms with Gasteiger partial charge in [0.15, 0.2) is 5.78 Å². The highest BCUT2D eigenvalue weighted by atomic mass is 35.5. The molecule has 3 atom stereocenters. The van der Waals surface area contributed by atoms with Crippen molar-refractivity contribution >= 4 is 28.7 Å². The van der Waals surface area contributed by atoms with Crippen LogP contribution >= 0.6 is 22.9 Å². The van der Waals surface area contributed by atoms with E-state index in [1.807, 2.05) is 12.3 Å². The van der Waals surface area contributed by atoms with Crippen molar-refractivity contribution in [2.45, 2.75) is 40.0 Å². The number of hydrogen-bond donors (Lipinski definition) is 0. The second kappa shape index (κ2) is 5.11. The molecule has 0 amide bonds. The number of ketones is 1. The molecule has 1 aromatic heterocycles. The zero-order valence-corrected chi connectivity index (χ0v) is 12.2. The molecule has 94 valence electrons. The van der Waals surface area contributed by atoms with Crippen LogP contribution in [0.1, 0.15) is 48.3 Å². The highest BCUT2D eigenvalue weighted by Crippen LogP contribution is 2.38. The van der Waals surface area contributed by atoms with Gasteiger partial charge in [0.05, 0.1) is 9.90 Å². The van der Waals surface area contributed by atoms with Gasteiger partial charge in [0.2, 0.25) is 0 Å². The number of thiophene rings is 1. The Morgan fingerprint density at radius 3 is 2.59 bits per heavy atom. The van der Waals surface area contributed by atoms with Gasteiger partial charge in [-0.15, -0.1) is 11.3 Å². The molecule has 1 saturated carbocycles. The van der Waals surface area contributed by atoms with E-state index in [4.69, 9.17) is 11.6 Å². The summed E-state index contributed by atoms with van der Waals surface area (Å²) >= 11 is 7.68. The summed E-state index contributed by atoms with van der Waals surface area (Å²) in [6, 6.07) is 0. The topological polar surface area (TPSA) is 17.1 Å². The largest absolute Gasteiger partial charge is 0.293 e. The smallest absolute Gasteiger partial charge is 0.177 e. The predicted octanol–water partition coefficient (Wildman–Crippen LogP) is 4.96. The van der Waals surface area contributed by atoms with E-state index in [1.54, 1.807) is 0 Å². The van der Waals surface area contributed by atoms with Crippen LogP contribution in [0.2, 0.25) is 5.02 Å². The summed E-state index contributed by atoms with van der Waals surface area (Å²) in [6.07, 6.45) is 3.21. The lowest BCUT2D eigenvalue weighted by Crippen LogP contribution is -2.26. The fraction of sp³-hybridized carbons (Fsp3) is 0.643. The maximum absolute atomic E-state index is 12.4.